The Balaban J connectivity index is 1.62. The van der Waals surface area contributed by atoms with Crippen molar-refractivity contribution in [3.8, 4) is 11.4 Å². The molecule has 0 atom stereocenters. The second-order valence-electron chi connectivity index (χ2n) is 6.62. The van der Waals surface area contributed by atoms with Gasteiger partial charge in [0.15, 0.2) is 5.82 Å². The highest BCUT2D eigenvalue weighted by molar-refractivity contribution is 5.62. The standard InChI is InChI=1S/C21H24N4O/c1-3-7-16(8-4-1)21-24-19(22-17-9-5-2-6-10-17)15-20(25-21)23-18-11-13-26-14-12-18/h1,3-5,7-10,15,18H,2,6,11-14H2,(H2,22,23,24,25). The minimum Gasteiger partial charge on any atom is -0.381 e. The predicted octanol–water partition coefficient (Wildman–Crippen LogP) is 4.38. The highest BCUT2D eigenvalue weighted by Crippen LogP contribution is 2.23. The average Bonchev–Trinajstić information content (AvgIpc) is 2.70. The summed E-state index contributed by atoms with van der Waals surface area (Å²) in [5.74, 6) is 2.39. The molecule has 5 heteroatoms. The van der Waals surface area contributed by atoms with Gasteiger partial charge in [-0.2, -0.15) is 0 Å². The lowest BCUT2D eigenvalue weighted by molar-refractivity contribution is 0.0904. The molecule has 1 fully saturated rings. The van der Waals surface area contributed by atoms with Gasteiger partial charge in [-0.3, -0.25) is 0 Å². The molecule has 0 spiro atoms. The largest absolute Gasteiger partial charge is 0.381 e. The van der Waals surface area contributed by atoms with Crippen molar-refractivity contribution in [3.05, 3.63) is 60.3 Å². The zero-order valence-electron chi connectivity index (χ0n) is 14.8. The minimum absolute atomic E-state index is 0.393. The van der Waals surface area contributed by atoms with Crippen LogP contribution in [0.2, 0.25) is 0 Å². The fraction of sp³-hybridized carbons (Fsp3) is 0.333. The molecule has 2 N–H and O–H groups in total. The van der Waals surface area contributed by atoms with Crippen LogP contribution in [0, 0.1) is 0 Å². The maximum atomic E-state index is 5.45. The zero-order valence-corrected chi connectivity index (χ0v) is 14.8. The maximum absolute atomic E-state index is 5.45. The smallest absolute Gasteiger partial charge is 0.163 e. The molecule has 1 aromatic carbocycles. The molecular formula is C21H24N4O. The van der Waals surface area contributed by atoms with Crippen LogP contribution >= 0.6 is 0 Å². The Morgan fingerprint density at radius 1 is 0.962 bits per heavy atom. The van der Waals surface area contributed by atoms with E-state index in [4.69, 9.17) is 14.7 Å². The molecule has 0 unspecified atom stereocenters. The quantitative estimate of drug-likeness (QED) is 0.840. The molecule has 0 saturated carbocycles. The Labute approximate surface area is 154 Å². The van der Waals surface area contributed by atoms with Gasteiger partial charge in [0.05, 0.1) is 0 Å². The van der Waals surface area contributed by atoms with Gasteiger partial charge in [-0.25, -0.2) is 9.97 Å². The summed E-state index contributed by atoms with van der Waals surface area (Å²) in [7, 11) is 0. The van der Waals surface area contributed by atoms with Crippen molar-refractivity contribution in [1.29, 1.82) is 0 Å². The lowest BCUT2D eigenvalue weighted by Gasteiger charge is -2.24. The van der Waals surface area contributed by atoms with Crippen molar-refractivity contribution >= 4 is 11.6 Å². The molecule has 1 saturated heterocycles. The molecule has 2 heterocycles. The van der Waals surface area contributed by atoms with Gasteiger partial charge in [0, 0.05) is 36.6 Å². The molecule has 1 aliphatic carbocycles. The summed E-state index contributed by atoms with van der Waals surface area (Å²) in [6.45, 7) is 1.61. The number of hydrogen-bond donors (Lipinski definition) is 2. The normalized spacial score (nSPS) is 17.6. The Bertz CT molecular complexity index is 795. The van der Waals surface area contributed by atoms with Gasteiger partial charge in [-0.05, 0) is 31.8 Å². The van der Waals surface area contributed by atoms with Gasteiger partial charge in [0.2, 0.25) is 0 Å². The molecule has 4 rings (SSSR count). The van der Waals surface area contributed by atoms with Crippen molar-refractivity contribution in [1.82, 2.24) is 9.97 Å². The van der Waals surface area contributed by atoms with Crippen LogP contribution in [0.1, 0.15) is 25.7 Å². The number of nitrogens with one attached hydrogen (secondary N) is 2. The van der Waals surface area contributed by atoms with Crippen molar-refractivity contribution in [2.45, 2.75) is 31.7 Å². The molecule has 0 radical (unpaired) electrons. The van der Waals surface area contributed by atoms with Crippen LogP contribution in [0.25, 0.3) is 11.4 Å². The summed E-state index contributed by atoms with van der Waals surface area (Å²) in [5.41, 5.74) is 2.10. The molecule has 1 aromatic heterocycles. The van der Waals surface area contributed by atoms with Gasteiger partial charge in [0.25, 0.3) is 0 Å². The van der Waals surface area contributed by atoms with Crippen LogP contribution in [0.15, 0.2) is 60.3 Å². The second-order valence-corrected chi connectivity index (χ2v) is 6.62. The van der Waals surface area contributed by atoms with Gasteiger partial charge in [-0.15, -0.1) is 0 Å². The summed E-state index contributed by atoms with van der Waals surface area (Å²) in [4.78, 5) is 9.48. The number of nitrogens with zero attached hydrogens (tertiary/aromatic N) is 2. The van der Waals surface area contributed by atoms with Crippen LogP contribution in [0.4, 0.5) is 11.6 Å². The fourth-order valence-electron chi connectivity index (χ4n) is 3.21. The first-order valence-corrected chi connectivity index (χ1v) is 9.29. The first kappa shape index (κ1) is 16.8. The number of rotatable bonds is 5. The van der Waals surface area contributed by atoms with Crippen molar-refractivity contribution < 1.29 is 4.74 Å². The Morgan fingerprint density at radius 3 is 2.54 bits per heavy atom. The molecule has 26 heavy (non-hydrogen) atoms. The van der Waals surface area contributed by atoms with E-state index in [2.05, 4.69) is 28.9 Å². The summed E-state index contributed by atoms with van der Waals surface area (Å²) >= 11 is 0. The lowest BCUT2D eigenvalue weighted by atomic mass is 10.1. The van der Waals surface area contributed by atoms with Crippen LogP contribution in [0.3, 0.4) is 0 Å². The third-order valence-corrected chi connectivity index (χ3v) is 4.60. The first-order chi connectivity index (χ1) is 12.9. The lowest BCUT2D eigenvalue weighted by Crippen LogP contribution is -2.28. The number of hydrogen-bond acceptors (Lipinski definition) is 5. The van der Waals surface area contributed by atoms with Crippen molar-refractivity contribution in [2.75, 3.05) is 23.8 Å². The van der Waals surface area contributed by atoms with E-state index in [0.29, 0.717) is 6.04 Å². The van der Waals surface area contributed by atoms with E-state index in [0.717, 1.165) is 67.6 Å². The highest BCUT2D eigenvalue weighted by Gasteiger charge is 2.15. The van der Waals surface area contributed by atoms with Crippen LogP contribution in [-0.4, -0.2) is 29.2 Å². The third kappa shape index (κ3) is 4.29. The van der Waals surface area contributed by atoms with Gasteiger partial charge >= 0.3 is 0 Å². The molecular weight excluding hydrogens is 324 g/mol. The SMILES string of the molecule is C1=CC(Nc2cc(NC3CCOCC3)nc(-c3ccccc3)n2)=CCC1. The molecule has 5 nitrogen and oxygen atoms in total. The Morgan fingerprint density at radius 2 is 1.77 bits per heavy atom. The second kappa shape index (κ2) is 8.15. The van der Waals surface area contributed by atoms with E-state index in [9.17, 15) is 0 Å². The average molecular weight is 348 g/mol. The number of aromatic nitrogens is 2. The van der Waals surface area contributed by atoms with E-state index in [1.165, 1.54) is 0 Å². The molecule has 2 aliphatic rings. The van der Waals surface area contributed by atoms with Crippen molar-refractivity contribution in [2.24, 2.45) is 0 Å². The zero-order chi connectivity index (χ0) is 17.6. The maximum Gasteiger partial charge on any atom is 0.163 e. The number of ether oxygens (including phenoxy) is 1. The van der Waals surface area contributed by atoms with E-state index >= 15 is 0 Å². The Hall–Kier alpha value is -2.66. The van der Waals surface area contributed by atoms with Gasteiger partial charge in [-0.1, -0.05) is 42.5 Å². The first-order valence-electron chi connectivity index (χ1n) is 9.29. The van der Waals surface area contributed by atoms with E-state index in [-0.39, 0.29) is 0 Å². The minimum atomic E-state index is 0.393. The summed E-state index contributed by atoms with van der Waals surface area (Å²) in [6, 6.07) is 12.5. The molecule has 1 aliphatic heterocycles. The number of allylic oxidation sites excluding steroid dienone is 3. The van der Waals surface area contributed by atoms with Crippen LogP contribution in [0.5, 0.6) is 0 Å². The van der Waals surface area contributed by atoms with E-state index in [1.807, 2.05) is 36.4 Å². The highest BCUT2D eigenvalue weighted by atomic mass is 16.5. The van der Waals surface area contributed by atoms with E-state index < -0.39 is 0 Å². The van der Waals surface area contributed by atoms with Crippen LogP contribution in [-0.2, 0) is 4.74 Å². The van der Waals surface area contributed by atoms with Crippen LogP contribution < -0.4 is 10.6 Å². The fourth-order valence-corrected chi connectivity index (χ4v) is 3.21. The Kier molecular flexibility index (Phi) is 5.26. The monoisotopic (exact) mass is 348 g/mol. The van der Waals surface area contributed by atoms with Gasteiger partial charge in [0.1, 0.15) is 11.6 Å². The summed E-state index contributed by atoms with van der Waals surface area (Å²) in [5, 5.41) is 6.99. The predicted molar refractivity (Wildman–Crippen MR) is 105 cm³/mol. The molecule has 0 bridgehead atoms. The summed E-state index contributed by atoms with van der Waals surface area (Å²) in [6.07, 6.45) is 10.7. The summed E-state index contributed by atoms with van der Waals surface area (Å²) < 4.78 is 5.45. The topological polar surface area (TPSA) is 59.1 Å². The van der Waals surface area contributed by atoms with Gasteiger partial charge < -0.3 is 15.4 Å². The number of benzene rings is 1. The molecule has 2 aromatic rings. The van der Waals surface area contributed by atoms with E-state index in [1.54, 1.807) is 0 Å². The third-order valence-electron chi connectivity index (χ3n) is 4.60. The molecule has 0 amide bonds. The number of anilines is 2. The molecule has 134 valence electrons. The van der Waals surface area contributed by atoms with Crippen molar-refractivity contribution in [3.63, 3.8) is 0 Å².